The number of hydrogen-bond acceptors (Lipinski definition) is 6. The molecule has 0 aliphatic carbocycles. The van der Waals surface area contributed by atoms with E-state index < -0.39 is 0 Å². The predicted molar refractivity (Wildman–Crippen MR) is 76.1 cm³/mol. The van der Waals surface area contributed by atoms with Gasteiger partial charge in [-0.3, -0.25) is 4.68 Å². The molecule has 0 atom stereocenters. The van der Waals surface area contributed by atoms with Crippen LogP contribution in [0.1, 0.15) is 19.4 Å². The number of hydrogen-bond donors (Lipinski definition) is 1. The van der Waals surface area contributed by atoms with Gasteiger partial charge in [-0.15, -0.1) is 0 Å². The van der Waals surface area contributed by atoms with Crippen LogP contribution in [-0.4, -0.2) is 37.4 Å². The Morgan fingerprint density at radius 3 is 2.80 bits per heavy atom. The zero-order chi connectivity index (χ0) is 14.5. The summed E-state index contributed by atoms with van der Waals surface area (Å²) < 4.78 is 7.24. The molecule has 0 saturated heterocycles. The van der Waals surface area contributed by atoms with E-state index in [-0.39, 0.29) is 17.4 Å². The maximum atomic E-state index is 5.83. The van der Waals surface area contributed by atoms with E-state index in [0.29, 0.717) is 19.0 Å². The number of aromatic nitrogens is 5. The summed E-state index contributed by atoms with van der Waals surface area (Å²) in [5.74, 6) is 0.393. The first kappa shape index (κ1) is 14.5. The molecule has 0 saturated carbocycles. The smallest absolute Gasteiger partial charge is 0.322 e. The fourth-order valence-corrected chi connectivity index (χ4v) is 1.70. The maximum absolute atomic E-state index is 5.83. The van der Waals surface area contributed by atoms with E-state index in [0.717, 1.165) is 5.56 Å². The zero-order valence-corrected chi connectivity index (χ0v) is 12.4. The van der Waals surface area contributed by atoms with Crippen LogP contribution in [0.3, 0.4) is 0 Å². The van der Waals surface area contributed by atoms with Gasteiger partial charge < -0.3 is 10.1 Å². The first-order chi connectivity index (χ1) is 9.52. The third kappa shape index (κ3) is 4.34. The summed E-state index contributed by atoms with van der Waals surface area (Å²) in [5.41, 5.74) is 1.13. The highest BCUT2D eigenvalue weighted by atomic mass is 35.5. The van der Waals surface area contributed by atoms with E-state index in [9.17, 15) is 0 Å². The highest BCUT2D eigenvalue weighted by Gasteiger charge is 2.07. The van der Waals surface area contributed by atoms with Crippen LogP contribution in [0.25, 0.3) is 0 Å². The van der Waals surface area contributed by atoms with Crippen LogP contribution in [0.2, 0.25) is 5.28 Å². The Hall–Kier alpha value is -1.89. The molecule has 0 fully saturated rings. The molecule has 0 amide bonds. The lowest BCUT2D eigenvalue weighted by Crippen LogP contribution is -2.15. The standard InChI is InChI=1S/C12H17ClN6O/c1-8(2)20-12-17-10(13)16-11(18-12)14-4-5-19-7-9(3)6-15-19/h6-8H,4-5H2,1-3H3,(H,14,16,17,18). The molecule has 2 heterocycles. The van der Waals surface area contributed by atoms with Crippen molar-refractivity contribution in [2.75, 3.05) is 11.9 Å². The van der Waals surface area contributed by atoms with Crippen LogP contribution in [0, 0.1) is 6.92 Å². The van der Waals surface area contributed by atoms with E-state index in [1.807, 2.05) is 37.8 Å². The Labute approximate surface area is 122 Å². The third-order valence-electron chi connectivity index (χ3n) is 2.32. The molecule has 2 aromatic heterocycles. The van der Waals surface area contributed by atoms with Crippen molar-refractivity contribution in [3.05, 3.63) is 23.2 Å². The van der Waals surface area contributed by atoms with Gasteiger partial charge in [-0.2, -0.15) is 20.1 Å². The van der Waals surface area contributed by atoms with Crippen molar-refractivity contribution in [3.63, 3.8) is 0 Å². The van der Waals surface area contributed by atoms with Crippen molar-refractivity contribution < 1.29 is 4.74 Å². The summed E-state index contributed by atoms with van der Waals surface area (Å²) >= 11 is 5.83. The Morgan fingerprint density at radius 2 is 2.15 bits per heavy atom. The van der Waals surface area contributed by atoms with Crippen molar-refractivity contribution in [2.24, 2.45) is 0 Å². The molecule has 0 spiro atoms. The first-order valence-corrected chi connectivity index (χ1v) is 6.72. The Balaban J connectivity index is 1.93. The van der Waals surface area contributed by atoms with E-state index in [2.05, 4.69) is 25.4 Å². The van der Waals surface area contributed by atoms with Gasteiger partial charge in [-0.1, -0.05) is 0 Å². The molecule has 0 radical (unpaired) electrons. The van der Waals surface area contributed by atoms with Crippen molar-refractivity contribution in [3.8, 4) is 6.01 Å². The van der Waals surface area contributed by atoms with Crippen molar-refractivity contribution in [1.29, 1.82) is 0 Å². The molecule has 20 heavy (non-hydrogen) atoms. The summed E-state index contributed by atoms with van der Waals surface area (Å²) in [5, 5.41) is 7.37. The average Bonchev–Trinajstić information content (AvgIpc) is 2.73. The number of halogens is 1. The molecule has 8 heteroatoms. The highest BCUT2D eigenvalue weighted by molar-refractivity contribution is 6.28. The summed E-state index contributed by atoms with van der Waals surface area (Å²) in [6.45, 7) is 7.12. The topological polar surface area (TPSA) is 77.8 Å². The molecule has 108 valence electrons. The predicted octanol–water partition coefficient (Wildman–Crippen LogP) is 1.93. The molecule has 2 aromatic rings. The van der Waals surface area contributed by atoms with Crippen molar-refractivity contribution >= 4 is 17.5 Å². The number of rotatable bonds is 6. The molecule has 0 aliphatic heterocycles. The van der Waals surface area contributed by atoms with Gasteiger partial charge >= 0.3 is 6.01 Å². The van der Waals surface area contributed by atoms with Crippen LogP contribution < -0.4 is 10.1 Å². The monoisotopic (exact) mass is 296 g/mol. The molecule has 1 N–H and O–H groups in total. The third-order valence-corrected chi connectivity index (χ3v) is 2.48. The first-order valence-electron chi connectivity index (χ1n) is 6.34. The molecule has 0 aliphatic rings. The second-order valence-corrected chi connectivity index (χ2v) is 4.92. The van der Waals surface area contributed by atoms with E-state index >= 15 is 0 Å². The van der Waals surface area contributed by atoms with Crippen LogP contribution in [-0.2, 0) is 6.54 Å². The number of nitrogens with zero attached hydrogens (tertiary/aromatic N) is 5. The second-order valence-electron chi connectivity index (χ2n) is 4.58. The molecule has 2 rings (SSSR count). The molecule has 0 aromatic carbocycles. The van der Waals surface area contributed by atoms with Crippen LogP contribution >= 0.6 is 11.6 Å². The summed E-state index contributed by atoms with van der Waals surface area (Å²) in [6.07, 6.45) is 3.76. The van der Waals surface area contributed by atoms with Gasteiger partial charge in [-0.05, 0) is 37.9 Å². The summed E-state index contributed by atoms with van der Waals surface area (Å²) in [7, 11) is 0. The second kappa shape index (κ2) is 6.51. The molecular formula is C12H17ClN6O. The largest absolute Gasteiger partial charge is 0.461 e. The fourth-order valence-electron chi connectivity index (χ4n) is 1.55. The Morgan fingerprint density at radius 1 is 1.35 bits per heavy atom. The van der Waals surface area contributed by atoms with Gasteiger partial charge in [-0.25, -0.2) is 0 Å². The fraction of sp³-hybridized carbons (Fsp3) is 0.500. The lowest BCUT2D eigenvalue weighted by atomic mass is 10.4. The van der Waals surface area contributed by atoms with Gasteiger partial charge in [0.2, 0.25) is 11.2 Å². The van der Waals surface area contributed by atoms with Gasteiger partial charge in [0, 0.05) is 12.7 Å². The normalized spacial score (nSPS) is 10.8. The SMILES string of the molecule is Cc1cnn(CCNc2nc(Cl)nc(OC(C)C)n2)c1. The van der Waals surface area contributed by atoms with Crippen LogP contribution in [0.4, 0.5) is 5.95 Å². The maximum Gasteiger partial charge on any atom is 0.322 e. The van der Waals surface area contributed by atoms with E-state index in [4.69, 9.17) is 16.3 Å². The van der Waals surface area contributed by atoms with Crippen LogP contribution in [0.5, 0.6) is 6.01 Å². The van der Waals surface area contributed by atoms with Gasteiger partial charge in [0.25, 0.3) is 0 Å². The Bertz CT molecular complexity index is 571. The molecular weight excluding hydrogens is 280 g/mol. The zero-order valence-electron chi connectivity index (χ0n) is 11.7. The van der Waals surface area contributed by atoms with Crippen molar-refractivity contribution in [1.82, 2.24) is 24.7 Å². The lowest BCUT2D eigenvalue weighted by molar-refractivity contribution is 0.222. The number of aryl methyl sites for hydroxylation is 1. The molecule has 7 nitrogen and oxygen atoms in total. The van der Waals surface area contributed by atoms with E-state index in [1.54, 1.807) is 0 Å². The quantitative estimate of drug-likeness (QED) is 0.877. The number of nitrogens with one attached hydrogen (secondary N) is 1. The number of anilines is 1. The minimum Gasteiger partial charge on any atom is -0.461 e. The van der Waals surface area contributed by atoms with Crippen molar-refractivity contribution in [2.45, 2.75) is 33.4 Å². The summed E-state index contributed by atoms with van der Waals surface area (Å²) in [4.78, 5) is 12.0. The highest BCUT2D eigenvalue weighted by Crippen LogP contribution is 2.12. The molecule has 0 bridgehead atoms. The summed E-state index contributed by atoms with van der Waals surface area (Å²) in [6, 6.07) is 0.220. The Kier molecular flexibility index (Phi) is 4.73. The number of ether oxygens (including phenoxy) is 1. The van der Waals surface area contributed by atoms with Gasteiger partial charge in [0.1, 0.15) is 0 Å². The lowest BCUT2D eigenvalue weighted by Gasteiger charge is -2.09. The van der Waals surface area contributed by atoms with Gasteiger partial charge in [0.05, 0.1) is 18.8 Å². The van der Waals surface area contributed by atoms with Gasteiger partial charge in [0.15, 0.2) is 0 Å². The van der Waals surface area contributed by atoms with E-state index in [1.165, 1.54) is 0 Å². The minimum atomic E-state index is -0.0200. The molecule has 0 unspecified atom stereocenters. The minimum absolute atomic E-state index is 0.0200. The van der Waals surface area contributed by atoms with Crippen LogP contribution in [0.15, 0.2) is 12.4 Å². The average molecular weight is 297 g/mol.